The highest BCUT2D eigenvalue weighted by molar-refractivity contribution is 5.46. The van der Waals surface area contributed by atoms with Crippen molar-refractivity contribution in [2.24, 2.45) is 0 Å². The van der Waals surface area contributed by atoms with Gasteiger partial charge in [0.1, 0.15) is 19.3 Å². The molecule has 1 aliphatic heterocycles. The van der Waals surface area contributed by atoms with Crippen LogP contribution in [0.5, 0.6) is 23.0 Å². The molecule has 2 aromatic rings. The van der Waals surface area contributed by atoms with Gasteiger partial charge in [0.25, 0.3) is 0 Å². The maximum Gasteiger partial charge on any atom is 0.161 e. The van der Waals surface area contributed by atoms with Gasteiger partial charge in [0, 0.05) is 6.42 Å². The van der Waals surface area contributed by atoms with Crippen LogP contribution >= 0.6 is 0 Å². The molecule has 2 aromatic carbocycles. The van der Waals surface area contributed by atoms with E-state index in [1.165, 1.54) is 11.1 Å². The lowest BCUT2D eigenvalue weighted by atomic mass is 9.87. The van der Waals surface area contributed by atoms with Crippen molar-refractivity contribution in [2.45, 2.75) is 64.9 Å². The second kappa shape index (κ2) is 11.2. The first-order valence-electron chi connectivity index (χ1n) is 12.1. The molecule has 0 fully saturated rings. The van der Waals surface area contributed by atoms with Crippen LogP contribution in [0.3, 0.4) is 0 Å². The Hall–Kier alpha value is -2.66. The number of ether oxygens (including phenoxy) is 5. The van der Waals surface area contributed by atoms with E-state index in [0.29, 0.717) is 44.5 Å². The zero-order chi connectivity index (χ0) is 24.8. The zero-order valence-corrected chi connectivity index (χ0v) is 21.6. The van der Waals surface area contributed by atoms with Crippen molar-refractivity contribution in [1.29, 1.82) is 0 Å². The van der Waals surface area contributed by atoms with Crippen molar-refractivity contribution in [3.05, 3.63) is 60.2 Å². The minimum atomic E-state index is -0.290. The highest BCUT2D eigenvalue weighted by Crippen LogP contribution is 2.35. The van der Waals surface area contributed by atoms with Gasteiger partial charge in [0.05, 0.1) is 19.8 Å². The van der Waals surface area contributed by atoms with Crippen molar-refractivity contribution in [3.8, 4) is 23.0 Å². The van der Waals surface area contributed by atoms with E-state index in [4.69, 9.17) is 23.7 Å². The van der Waals surface area contributed by atoms with Crippen LogP contribution in [-0.2, 0) is 15.6 Å². The maximum absolute atomic E-state index is 6.23. The Kier molecular flexibility index (Phi) is 8.53. The largest absolute Gasteiger partial charge is 0.490 e. The lowest BCUT2D eigenvalue weighted by Gasteiger charge is -2.25. The topological polar surface area (TPSA) is 46.2 Å². The molecule has 5 nitrogen and oxygen atoms in total. The Bertz CT molecular complexity index is 952. The first kappa shape index (κ1) is 26.0. The van der Waals surface area contributed by atoms with Crippen LogP contribution in [-0.4, -0.2) is 39.1 Å². The van der Waals surface area contributed by atoms with E-state index >= 15 is 0 Å². The third kappa shape index (κ3) is 7.17. The number of hydrogen-bond donors (Lipinski definition) is 0. The molecule has 0 spiro atoms. The summed E-state index contributed by atoms with van der Waals surface area (Å²) in [6.45, 7) is 19.0. The van der Waals surface area contributed by atoms with E-state index in [1.807, 2.05) is 12.1 Å². The zero-order valence-electron chi connectivity index (χ0n) is 21.6. The Morgan fingerprint density at radius 1 is 0.765 bits per heavy atom. The van der Waals surface area contributed by atoms with Gasteiger partial charge in [-0.1, -0.05) is 59.8 Å². The first-order valence-corrected chi connectivity index (χ1v) is 12.1. The third-order valence-corrected chi connectivity index (χ3v) is 5.72. The van der Waals surface area contributed by atoms with Gasteiger partial charge in [-0.2, -0.15) is 0 Å². The van der Waals surface area contributed by atoms with Crippen LogP contribution in [0.4, 0.5) is 0 Å². The quantitative estimate of drug-likeness (QED) is 0.483. The van der Waals surface area contributed by atoms with Crippen LogP contribution in [0, 0.1) is 0 Å². The Morgan fingerprint density at radius 3 is 1.76 bits per heavy atom. The van der Waals surface area contributed by atoms with Gasteiger partial charge in [0.2, 0.25) is 0 Å². The van der Waals surface area contributed by atoms with Crippen molar-refractivity contribution < 1.29 is 23.7 Å². The number of benzene rings is 2. The summed E-state index contributed by atoms with van der Waals surface area (Å²) < 4.78 is 30.6. The summed E-state index contributed by atoms with van der Waals surface area (Å²) in [7, 11) is 0. The fourth-order valence-electron chi connectivity index (χ4n) is 3.55. The molecule has 1 atom stereocenters. The molecule has 186 valence electrons. The molecule has 0 amide bonds. The van der Waals surface area contributed by atoms with Crippen LogP contribution < -0.4 is 18.9 Å². The molecule has 0 radical (unpaired) electrons. The highest BCUT2D eigenvalue weighted by Gasteiger charge is 2.21. The summed E-state index contributed by atoms with van der Waals surface area (Å²) in [4.78, 5) is 0. The molecule has 34 heavy (non-hydrogen) atoms. The van der Waals surface area contributed by atoms with E-state index in [0.717, 1.165) is 17.9 Å². The minimum Gasteiger partial charge on any atom is -0.490 e. The van der Waals surface area contributed by atoms with Crippen LogP contribution in [0.2, 0.25) is 0 Å². The fraction of sp³-hybridized carbons (Fsp3) is 0.517. The number of rotatable bonds is 3. The van der Waals surface area contributed by atoms with E-state index < -0.39 is 0 Å². The van der Waals surface area contributed by atoms with Gasteiger partial charge >= 0.3 is 0 Å². The van der Waals surface area contributed by atoms with Crippen LogP contribution in [0.1, 0.15) is 59.1 Å². The Morgan fingerprint density at radius 2 is 1.24 bits per heavy atom. The third-order valence-electron chi connectivity index (χ3n) is 5.72. The minimum absolute atomic E-state index is 0.00276. The van der Waals surface area contributed by atoms with Gasteiger partial charge in [-0.25, -0.2) is 0 Å². The van der Waals surface area contributed by atoms with Crippen molar-refractivity contribution in [1.82, 2.24) is 0 Å². The van der Waals surface area contributed by atoms with Crippen LogP contribution in [0.15, 0.2) is 49.1 Å². The van der Waals surface area contributed by atoms with E-state index in [1.54, 1.807) is 6.08 Å². The second-order valence-corrected chi connectivity index (χ2v) is 10.7. The summed E-state index contributed by atoms with van der Waals surface area (Å²) >= 11 is 0. The number of hydrogen-bond acceptors (Lipinski definition) is 5. The predicted octanol–water partition coefficient (Wildman–Crippen LogP) is 6.47. The molecular weight excluding hydrogens is 428 g/mol. The predicted molar refractivity (Wildman–Crippen MR) is 137 cm³/mol. The monoisotopic (exact) mass is 468 g/mol. The lowest BCUT2D eigenvalue weighted by Crippen LogP contribution is -2.29. The molecule has 0 saturated heterocycles. The average molecular weight is 469 g/mol. The number of fused-ring (bicyclic) bond motifs is 2. The fourth-order valence-corrected chi connectivity index (χ4v) is 3.55. The average Bonchev–Trinajstić information content (AvgIpc) is 2.77. The van der Waals surface area contributed by atoms with Gasteiger partial charge in [-0.15, -0.1) is 6.58 Å². The second-order valence-electron chi connectivity index (χ2n) is 10.7. The van der Waals surface area contributed by atoms with Gasteiger partial charge in [-0.3, -0.25) is 0 Å². The highest BCUT2D eigenvalue weighted by atomic mass is 16.6. The molecular formula is C29H40O5. The standard InChI is InChI=1S/C29H40O5/c1-8-14-30-23-19-33-25-13-11-21(28(2,3)4)17-26(25)32-16-9-15-31-24-12-10-22(29(5,6)7)18-27(24)34-20-23/h8,10-13,17-18,23H,1,9,14-16,19-20H2,2-7H3. The van der Waals surface area contributed by atoms with Crippen molar-refractivity contribution >= 4 is 0 Å². The SMILES string of the molecule is C=CCOC1COc2ccc(C(C)(C)C)cc2OCCCOc2ccc(C(C)(C)C)cc2OC1. The summed E-state index contributed by atoms with van der Waals surface area (Å²) in [6, 6.07) is 12.3. The molecule has 1 heterocycles. The van der Waals surface area contributed by atoms with Crippen molar-refractivity contribution in [3.63, 3.8) is 0 Å². The van der Waals surface area contributed by atoms with Gasteiger partial charge in [0.15, 0.2) is 23.0 Å². The summed E-state index contributed by atoms with van der Waals surface area (Å²) in [6.07, 6.45) is 2.18. The summed E-state index contributed by atoms with van der Waals surface area (Å²) in [5.41, 5.74) is 2.39. The van der Waals surface area contributed by atoms with Crippen molar-refractivity contribution in [2.75, 3.05) is 33.0 Å². The maximum atomic E-state index is 6.23. The molecule has 0 bridgehead atoms. The molecule has 0 N–H and O–H groups in total. The molecule has 5 heteroatoms. The first-order chi connectivity index (χ1) is 16.1. The lowest BCUT2D eigenvalue weighted by molar-refractivity contribution is 0.00445. The van der Waals surface area contributed by atoms with Gasteiger partial charge in [-0.05, 0) is 46.2 Å². The van der Waals surface area contributed by atoms with E-state index in [-0.39, 0.29) is 16.9 Å². The molecule has 3 rings (SSSR count). The van der Waals surface area contributed by atoms with Crippen LogP contribution in [0.25, 0.3) is 0 Å². The molecule has 0 aromatic heterocycles. The van der Waals surface area contributed by atoms with E-state index in [2.05, 4.69) is 72.4 Å². The summed E-state index contributed by atoms with van der Waals surface area (Å²) in [5, 5.41) is 0. The Labute approximate surface area is 205 Å². The Balaban J connectivity index is 1.86. The van der Waals surface area contributed by atoms with E-state index in [9.17, 15) is 0 Å². The molecule has 0 saturated carbocycles. The molecule has 0 aliphatic carbocycles. The normalized spacial score (nSPS) is 17.5. The molecule has 1 aliphatic rings. The van der Waals surface area contributed by atoms with Gasteiger partial charge < -0.3 is 23.7 Å². The summed E-state index contributed by atoms with van der Waals surface area (Å²) in [5.74, 6) is 2.88. The smallest absolute Gasteiger partial charge is 0.161 e. The molecule has 1 unspecified atom stereocenters.